The zero-order valence-corrected chi connectivity index (χ0v) is 13.5. The first-order valence-electron chi connectivity index (χ1n) is 6.57. The fraction of sp³-hybridized carbons (Fsp3) is 0.429. The quantitative estimate of drug-likeness (QED) is 0.856. The van der Waals surface area contributed by atoms with Gasteiger partial charge in [-0.25, -0.2) is 0 Å². The van der Waals surface area contributed by atoms with Crippen LogP contribution in [0.3, 0.4) is 0 Å². The van der Waals surface area contributed by atoms with Gasteiger partial charge in [-0.05, 0) is 40.9 Å². The molecule has 0 spiro atoms. The highest BCUT2D eigenvalue weighted by Crippen LogP contribution is 2.35. The van der Waals surface area contributed by atoms with Gasteiger partial charge >= 0.3 is 0 Å². The van der Waals surface area contributed by atoms with Crippen molar-refractivity contribution < 1.29 is 19.1 Å². The molecule has 0 radical (unpaired) electrons. The number of nitrogens with one attached hydrogen (secondary N) is 2. The Morgan fingerprint density at radius 2 is 1.95 bits per heavy atom. The normalized spacial score (nSPS) is 17.9. The molecular formula is C14H17BrN2O4. The lowest BCUT2D eigenvalue weighted by atomic mass is 10.1. The summed E-state index contributed by atoms with van der Waals surface area (Å²) >= 11 is 3.35. The van der Waals surface area contributed by atoms with Gasteiger partial charge in [0.15, 0.2) is 0 Å². The van der Waals surface area contributed by atoms with Crippen molar-refractivity contribution in [3.8, 4) is 11.5 Å². The first kappa shape index (κ1) is 15.6. The zero-order chi connectivity index (χ0) is 15.4. The number of halogens is 1. The number of rotatable bonds is 4. The first-order chi connectivity index (χ1) is 10.1. The van der Waals surface area contributed by atoms with Crippen LogP contribution in [-0.2, 0) is 4.79 Å². The minimum absolute atomic E-state index is 0.148. The summed E-state index contributed by atoms with van der Waals surface area (Å²) in [5, 5.41) is 5.46. The number of hydrogen-bond donors (Lipinski definition) is 2. The van der Waals surface area contributed by atoms with Crippen LogP contribution in [0.25, 0.3) is 0 Å². The first-order valence-corrected chi connectivity index (χ1v) is 7.36. The van der Waals surface area contributed by atoms with Crippen LogP contribution in [0.15, 0.2) is 16.6 Å². The number of methoxy groups -OCH3 is 2. The highest BCUT2D eigenvalue weighted by molar-refractivity contribution is 9.10. The van der Waals surface area contributed by atoms with E-state index in [2.05, 4.69) is 26.6 Å². The van der Waals surface area contributed by atoms with E-state index in [0.29, 0.717) is 34.5 Å². The minimum Gasteiger partial charge on any atom is -0.495 e. The Labute approximate surface area is 131 Å². The Morgan fingerprint density at radius 3 is 2.48 bits per heavy atom. The van der Waals surface area contributed by atoms with Crippen molar-refractivity contribution >= 4 is 27.7 Å². The van der Waals surface area contributed by atoms with Crippen LogP contribution < -0.4 is 20.1 Å². The van der Waals surface area contributed by atoms with E-state index in [1.54, 1.807) is 12.1 Å². The number of carbonyl (C=O) groups is 2. The molecule has 21 heavy (non-hydrogen) atoms. The summed E-state index contributed by atoms with van der Waals surface area (Å²) in [6.07, 6.45) is 1.49. The predicted molar refractivity (Wildman–Crippen MR) is 80.7 cm³/mol. The van der Waals surface area contributed by atoms with Gasteiger partial charge in [0.05, 0.1) is 14.2 Å². The molecule has 1 heterocycles. The molecule has 1 aromatic carbocycles. The number of ether oxygens (including phenoxy) is 2. The lowest BCUT2D eigenvalue weighted by molar-refractivity contribution is -0.124. The standard InChI is InChI=1S/C14H17BrN2O4/c1-20-10-6-8(7-11(21-2)12(10)15)13(18)17-9-4-3-5-16-14(9)19/h6-7,9H,3-5H2,1-2H3,(H,16,19)(H,17,18). The smallest absolute Gasteiger partial charge is 0.252 e. The molecule has 6 nitrogen and oxygen atoms in total. The summed E-state index contributed by atoms with van der Waals surface area (Å²) in [6.45, 7) is 0.658. The van der Waals surface area contributed by atoms with Crippen LogP contribution in [-0.4, -0.2) is 38.6 Å². The summed E-state index contributed by atoms with van der Waals surface area (Å²) in [7, 11) is 3.02. The van der Waals surface area contributed by atoms with Crippen molar-refractivity contribution in [3.63, 3.8) is 0 Å². The van der Waals surface area contributed by atoms with Gasteiger partial charge < -0.3 is 20.1 Å². The maximum absolute atomic E-state index is 12.3. The van der Waals surface area contributed by atoms with E-state index in [0.717, 1.165) is 6.42 Å². The van der Waals surface area contributed by atoms with Gasteiger partial charge in [0.25, 0.3) is 5.91 Å². The summed E-state index contributed by atoms with van der Waals surface area (Å²) < 4.78 is 11.0. The van der Waals surface area contributed by atoms with Gasteiger partial charge in [-0.3, -0.25) is 9.59 Å². The Morgan fingerprint density at radius 1 is 1.33 bits per heavy atom. The third kappa shape index (κ3) is 3.47. The molecule has 114 valence electrons. The van der Waals surface area contributed by atoms with Crippen molar-refractivity contribution in [1.82, 2.24) is 10.6 Å². The summed E-state index contributed by atoms with van der Waals surface area (Å²) in [4.78, 5) is 24.0. The van der Waals surface area contributed by atoms with Crippen LogP contribution >= 0.6 is 15.9 Å². The molecule has 0 bridgehead atoms. The van der Waals surface area contributed by atoms with Crippen LogP contribution in [0.2, 0.25) is 0 Å². The molecule has 1 aromatic rings. The van der Waals surface area contributed by atoms with E-state index in [1.165, 1.54) is 14.2 Å². The van der Waals surface area contributed by atoms with E-state index < -0.39 is 6.04 Å². The maximum Gasteiger partial charge on any atom is 0.252 e. The van der Waals surface area contributed by atoms with Gasteiger partial charge in [0.1, 0.15) is 22.0 Å². The molecule has 0 aromatic heterocycles. The van der Waals surface area contributed by atoms with Crippen molar-refractivity contribution in [1.29, 1.82) is 0 Å². The minimum atomic E-state index is -0.494. The van der Waals surface area contributed by atoms with Gasteiger partial charge in [0, 0.05) is 12.1 Å². The van der Waals surface area contributed by atoms with Crippen LogP contribution in [0.5, 0.6) is 11.5 Å². The summed E-state index contributed by atoms with van der Waals surface area (Å²) in [5.41, 5.74) is 0.380. The maximum atomic E-state index is 12.3. The largest absolute Gasteiger partial charge is 0.495 e. The third-order valence-electron chi connectivity index (χ3n) is 3.30. The molecule has 7 heteroatoms. The number of carbonyl (C=O) groups excluding carboxylic acids is 2. The number of hydrogen-bond acceptors (Lipinski definition) is 4. The van der Waals surface area contributed by atoms with Crippen LogP contribution in [0, 0.1) is 0 Å². The molecule has 1 aliphatic heterocycles. The molecule has 2 rings (SSSR count). The van der Waals surface area contributed by atoms with E-state index in [4.69, 9.17) is 9.47 Å². The number of amides is 2. The van der Waals surface area contributed by atoms with Crippen molar-refractivity contribution in [3.05, 3.63) is 22.2 Å². The molecule has 0 aliphatic carbocycles. The molecule has 1 fully saturated rings. The molecule has 1 saturated heterocycles. The van der Waals surface area contributed by atoms with E-state index in [1.807, 2.05) is 0 Å². The number of piperidine rings is 1. The van der Waals surface area contributed by atoms with Gasteiger partial charge in [-0.15, -0.1) is 0 Å². The summed E-state index contributed by atoms with van der Waals surface area (Å²) in [5.74, 6) is 0.506. The SMILES string of the molecule is COc1cc(C(=O)NC2CCCNC2=O)cc(OC)c1Br. The fourth-order valence-electron chi connectivity index (χ4n) is 2.15. The second-order valence-corrected chi connectivity index (χ2v) is 5.45. The Balaban J connectivity index is 2.20. The predicted octanol–water partition coefficient (Wildman–Crippen LogP) is 1.47. The Hall–Kier alpha value is -1.76. The molecule has 1 aliphatic rings. The lowest BCUT2D eigenvalue weighted by Gasteiger charge is -2.23. The average Bonchev–Trinajstić information content (AvgIpc) is 2.49. The third-order valence-corrected chi connectivity index (χ3v) is 4.08. The van der Waals surface area contributed by atoms with E-state index >= 15 is 0 Å². The number of benzene rings is 1. The molecule has 2 N–H and O–H groups in total. The van der Waals surface area contributed by atoms with Crippen LogP contribution in [0.4, 0.5) is 0 Å². The van der Waals surface area contributed by atoms with Gasteiger partial charge in [0.2, 0.25) is 5.91 Å². The Bertz CT molecular complexity index is 537. The van der Waals surface area contributed by atoms with Crippen molar-refractivity contribution in [2.75, 3.05) is 20.8 Å². The Kier molecular flexibility index (Phi) is 5.06. The van der Waals surface area contributed by atoms with Crippen molar-refractivity contribution in [2.24, 2.45) is 0 Å². The summed E-state index contributed by atoms with van der Waals surface area (Å²) in [6, 6.07) is 2.71. The second-order valence-electron chi connectivity index (χ2n) is 4.65. The fourth-order valence-corrected chi connectivity index (χ4v) is 2.70. The van der Waals surface area contributed by atoms with Gasteiger partial charge in [-0.2, -0.15) is 0 Å². The molecular weight excluding hydrogens is 340 g/mol. The second kappa shape index (κ2) is 6.80. The monoisotopic (exact) mass is 356 g/mol. The van der Waals surface area contributed by atoms with Crippen molar-refractivity contribution in [2.45, 2.75) is 18.9 Å². The lowest BCUT2D eigenvalue weighted by Crippen LogP contribution is -2.50. The zero-order valence-electron chi connectivity index (χ0n) is 11.9. The van der Waals surface area contributed by atoms with E-state index in [-0.39, 0.29) is 11.8 Å². The highest BCUT2D eigenvalue weighted by atomic mass is 79.9. The van der Waals surface area contributed by atoms with Gasteiger partial charge in [-0.1, -0.05) is 0 Å². The average molecular weight is 357 g/mol. The highest BCUT2D eigenvalue weighted by Gasteiger charge is 2.24. The molecule has 1 atom stereocenters. The molecule has 1 unspecified atom stereocenters. The van der Waals surface area contributed by atoms with Crippen LogP contribution in [0.1, 0.15) is 23.2 Å². The molecule has 0 saturated carbocycles. The van der Waals surface area contributed by atoms with E-state index in [9.17, 15) is 9.59 Å². The topological polar surface area (TPSA) is 76.7 Å². The molecule has 2 amide bonds.